The van der Waals surface area contributed by atoms with E-state index in [2.05, 4.69) is 5.32 Å². The van der Waals surface area contributed by atoms with Crippen LogP contribution in [0.5, 0.6) is 0 Å². The number of carbonyl (C=O) groups is 2. The van der Waals surface area contributed by atoms with Crippen LogP contribution in [0.25, 0.3) is 0 Å². The second-order valence-corrected chi connectivity index (χ2v) is 5.58. The molecular weight excluding hydrogens is 318 g/mol. The number of halogens is 1. The van der Waals surface area contributed by atoms with Crippen molar-refractivity contribution >= 4 is 24.2 Å². The predicted octanol–water partition coefficient (Wildman–Crippen LogP) is 0.620. The van der Waals surface area contributed by atoms with Gasteiger partial charge in [-0.1, -0.05) is 12.1 Å². The first kappa shape index (κ1) is 19.4. The summed E-state index contributed by atoms with van der Waals surface area (Å²) in [4.78, 5) is 23.2. The highest BCUT2D eigenvalue weighted by molar-refractivity contribution is 5.92. The van der Waals surface area contributed by atoms with E-state index in [1.807, 2.05) is 6.07 Å². The lowest BCUT2D eigenvalue weighted by Crippen LogP contribution is -2.47. The lowest BCUT2D eigenvalue weighted by atomic mass is 9.92. The van der Waals surface area contributed by atoms with Crippen LogP contribution in [0, 0.1) is 5.92 Å². The summed E-state index contributed by atoms with van der Waals surface area (Å²) in [6.45, 7) is 1.83. The molecule has 1 aliphatic rings. The first-order valence-electron chi connectivity index (χ1n) is 7.57. The normalized spacial score (nSPS) is 16.2. The Morgan fingerprint density at radius 3 is 2.65 bits per heavy atom. The third kappa shape index (κ3) is 5.82. The molecule has 1 aromatic carbocycles. The lowest BCUT2D eigenvalue weighted by molar-refractivity contribution is -0.124. The Morgan fingerprint density at radius 2 is 2.00 bits per heavy atom. The second kappa shape index (κ2) is 9.50. The van der Waals surface area contributed by atoms with Crippen molar-refractivity contribution in [2.24, 2.45) is 17.4 Å². The predicted molar refractivity (Wildman–Crippen MR) is 90.4 cm³/mol. The molecule has 1 aliphatic heterocycles. The van der Waals surface area contributed by atoms with Crippen molar-refractivity contribution in [1.82, 2.24) is 5.32 Å². The van der Waals surface area contributed by atoms with Crippen LogP contribution in [-0.4, -0.2) is 37.6 Å². The second-order valence-electron chi connectivity index (χ2n) is 5.58. The van der Waals surface area contributed by atoms with Crippen LogP contribution in [0.2, 0.25) is 0 Å². The Labute approximate surface area is 142 Å². The molecule has 6 nitrogen and oxygen atoms in total. The first-order chi connectivity index (χ1) is 10.6. The largest absolute Gasteiger partial charge is 0.381 e. The molecule has 0 aromatic heterocycles. The van der Waals surface area contributed by atoms with E-state index >= 15 is 0 Å². The average Bonchev–Trinajstić information content (AvgIpc) is 2.55. The number of nitrogens with one attached hydrogen (secondary N) is 1. The molecule has 5 N–H and O–H groups in total. The van der Waals surface area contributed by atoms with E-state index in [-0.39, 0.29) is 24.2 Å². The maximum absolute atomic E-state index is 12.1. The van der Waals surface area contributed by atoms with Gasteiger partial charge in [0.05, 0.1) is 6.04 Å². The molecule has 0 radical (unpaired) electrons. The maximum Gasteiger partial charge on any atom is 0.248 e. The zero-order valence-corrected chi connectivity index (χ0v) is 13.8. The van der Waals surface area contributed by atoms with Gasteiger partial charge in [-0.05, 0) is 42.9 Å². The molecule has 0 bridgehead atoms. The van der Waals surface area contributed by atoms with Gasteiger partial charge in [-0.25, -0.2) is 0 Å². The van der Waals surface area contributed by atoms with E-state index in [9.17, 15) is 9.59 Å². The number of amides is 2. The van der Waals surface area contributed by atoms with Crippen molar-refractivity contribution in [3.05, 3.63) is 35.4 Å². The summed E-state index contributed by atoms with van der Waals surface area (Å²) in [6.07, 6.45) is 2.29. The van der Waals surface area contributed by atoms with E-state index < -0.39 is 11.9 Å². The standard InChI is InChI=1S/C16H23N3O3.ClH/c17-14(12-5-8-22-9-6-12)16(21)19-7-4-11-2-1-3-13(10-11)15(18)20;/h1-3,10,12,14H,4-9,17H2,(H2,18,20)(H,19,21);1H. The van der Waals surface area contributed by atoms with Crippen LogP contribution in [0.3, 0.4) is 0 Å². The monoisotopic (exact) mass is 341 g/mol. The SMILES string of the molecule is Cl.NC(=O)c1cccc(CCNC(=O)C(N)C2CCOCC2)c1. The highest BCUT2D eigenvalue weighted by atomic mass is 35.5. The molecule has 2 rings (SSSR count). The molecule has 0 aliphatic carbocycles. The minimum Gasteiger partial charge on any atom is -0.381 e. The molecule has 1 heterocycles. The van der Waals surface area contributed by atoms with E-state index in [1.54, 1.807) is 18.2 Å². The van der Waals surface area contributed by atoms with Gasteiger partial charge in [-0.3, -0.25) is 9.59 Å². The van der Waals surface area contributed by atoms with Crippen LogP contribution in [0.15, 0.2) is 24.3 Å². The fourth-order valence-electron chi connectivity index (χ4n) is 2.62. The van der Waals surface area contributed by atoms with Crippen molar-refractivity contribution in [2.45, 2.75) is 25.3 Å². The molecular formula is C16H24ClN3O3. The van der Waals surface area contributed by atoms with Crippen LogP contribution >= 0.6 is 12.4 Å². The van der Waals surface area contributed by atoms with Gasteiger partial charge in [0.25, 0.3) is 0 Å². The fourth-order valence-corrected chi connectivity index (χ4v) is 2.62. The van der Waals surface area contributed by atoms with Gasteiger partial charge >= 0.3 is 0 Å². The lowest BCUT2D eigenvalue weighted by Gasteiger charge is -2.26. The summed E-state index contributed by atoms with van der Waals surface area (Å²) >= 11 is 0. The Morgan fingerprint density at radius 1 is 1.30 bits per heavy atom. The highest BCUT2D eigenvalue weighted by Gasteiger charge is 2.26. The summed E-state index contributed by atoms with van der Waals surface area (Å²) in [7, 11) is 0. The summed E-state index contributed by atoms with van der Waals surface area (Å²) < 4.78 is 5.27. The van der Waals surface area contributed by atoms with Crippen molar-refractivity contribution in [2.75, 3.05) is 19.8 Å². The molecule has 1 saturated heterocycles. The van der Waals surface area contributed by atoms with E-state index in [0.717, 1.165) is 18.4 Å². The molecule has 2 amide bonds. The van der Waals surface area contributed by atoms with Crippen LogP contribution in [0.1, 0.15) is 28.8 Å². The van der Waals surface area contributed by atoms with Gasteiger partial charge < -0.3 is 21.5 Å². The van der Waals surface area contributed by atoms with Crippen LogP contribution in [-0.2, 0) is 16.0 Å². The Kier molecular flexibility index (Phi) is 8.02. The number of carbonyl (C=O) groups excluding carboxylic acids is 2. The van der Waals surface area contributed by atoms with Crippen molar-refractivity contribution in [3.8, 4) is 0 Å². The number of benzene rings is 1. The highest BCUT2D eigenvalue weighted by Crippen LogP contribution is 2.17. The van der Waals surface area contributed by atoms with E-state index in [1.165, 1.54) is 0 Å². The van der Waals surface area contributed by atoms with E-state index in [0.29, 0.717) is 31.7 Å². The number of hydrogen-bond donors (Lipinski definition) is 3. The average molecular weight is 342 g/mol. The van der Waals surface area contributed by atoms with Gasteiger partial charge in [0, 0.05) is 25.3 Å². The van der Waals surface area contributed by atoms with Gasteiger partial charge in [0.1, 0.15) is 0 Å². The summed E-state index contributed by atoms with van der Waals surface area (Å²) in [5.74, 6) is -0.391. The van der Waals surface area contributed by atoms with Crippen molar-refractivity contribution in [3.63, 3.8) is 0 Å². The fraction of sp³-hybridized carbons (Fsp3) is 0.500. The van der Waals surface area contributed by atoms with Crippen LogP contribution in [0.4, 0.5) is 0 Å². The molecule has 23 heavy (non-hydrogen) atoms. The number of ether oxygens (including phenoxy) is 1. The zero-order chi connectivity index (χ0) is 15.9. The van der Waals surface area contributed by atoms with Crippen molar-refractivity contribution in [1.29, 1.82) is 0 Å². The minimum absolute atomic E-state index is 0. The topological polar surface area (TPSA) is 107 Å². The van der Waals surface area contributed by atoms with Gasteiger partial charge in [0.2, 0.25) is 11.8 Å². The van der Waals surface area contributed by atoms with Gasteiger partial charge in [-0.2, -0.15) is 0 Å². The van der Waals surface area contributed by atoms with Crippen molar-refractivity contribution < 1.29 is 14.3 Å². The maximum atomic E-state index is 12.1. The molecule has 1 aromatic rings. The molecule has 128 valence electrons. The van der Waals surface area contributed by atoms with Crippen LogP contribution < -0.4 is 16.8 Å². The smallest absolute Gasteiger partial charge is 0.248 e. The molecule has 0 spiro atoms. The summed E-state index contributed by atoms with van der Waals surface area (Å²) in [6, 6.07) is 6.61. The van der Waals surface area contributed by atoms with Gasteiger partial charge in [0.15, 0.2) is 0 Å². The number of nitrogens with two attached hydrogens (primary N) is 2. The number of primary amides is 1. The third-order valence-electron chi connectivity index (χ3n) is 4.00. The molecule has 1 unspecified atom stereocenters. The summed E-state index contributed by atoms with van der Waals surface area (Å²) in [5, 5.41) is 2.86. The van der Waals surface area contributed by atoms with E-state index in [4.69, 9.17) is 16.2 Å². The number of hydrogen-bond acceptors (Lipinski definition) is 4. The zero-order valence-electron chi connectivity index (χ0n) is 13.0. The first-order valence-corrected chi connectivity index (χ1v) is 7.57. The van der Waals surface area contributed by atoms with Gasteiger partial charge in [-0.15, -0.1) is 12.4 Å². The third-order valence-corrected chi connectivity index (χ3v) is 4.00. The summed E-state index contributed by atoms with van der Waals surface area (Å²) in [5.41, 5.74) is 12.7. The Balaban J connectivity index is 0.00000264. The molecule has 0 saturated carbocycles. The Hall–Kier alpha value is -1.63. The quantitative estimate of drug-likeness (QED) is 0.705. The molecule has 7 heteroatoms. The molecule has 1 fully saturated rings. The number of rotatable bonds is 6. The Bertz CT molecular complexity index is 533. The molecule has 1 atom stereocenters. The minimum atomic E-state index is -0.485.